The van der Waals surface area contributed by atoms with Crippen LogP contribution in [0.25, 0.3) is 0 Å². The molecule has 2 saturated heterocycles. The minimum Gasteiger partial charge on any atom is -0.488 e. The molecule has 1 amide bonds. The van der Waals surface area contributed by atoms with E-state index in [0.29, 0.717) is 37.5 Å². The van der Waals surface area contributed by atoms with E-state index in [0.717, 1.165) is 29.9 Å². The number of alkyl halides is 3. The van der Waals surface area contributed by atoms with Crippen LogP contribution in [0.15, 0.2) is 29.4 Å². The van der Waals surface area contributed by atoms with Gasteiger partial charge in [0.1, 0.15) is 17.6 Å². The number of carbonyl (C=O) groups excluding carboxylic acids is 2. The standard InChI is InChI=1S/C27H34F3N3O4S/c1-17(34)13-32-10-9-20(14-32)37-22-8-7-18(27(28,29)30)12-21(22)24(35)31-25-33(15-19-6-5-11-36-19)16-23(38-25)26(2,3)4/h7-8,12,16,19-20H,5-6,9-11,13-15H2,1-4H3/t19-,20+/m1/s1. The van der Waals surface area contributed by atoms with Gasteiger partial charge >= 0.3 is 6.18 Å². The Bertz CT molecular complexity index is 1240. The number of hydrogen-bond acceptors (Lipinski definition) is 6. The molecule has 0 unspecified atom stereocenters. The number of likely N-dealkylation sites (tertiary alicyclic amines) is 1. The molecule has 3 heterocycles. The van der Waals surface area contributed by atoms with E-state index in [-0.39, 0.29) is 41.3 Å². The Morgan fingerprint density at radius 3 is 2.61 bits per heavy atom. The van der Waals surface area contributed by atoms with E-state index in [1.807, 2.05) is 15.7 Å². The fourth-order valence-electron chi connectivity index (χ4n) is 4.61. The first-order valence-electron chi connectivity index (χ1n) is 12.8. The average molecular weight is 554 g/mol. The smallest absolute Gasteiger partial charge is 0.416 e. The van der Waals surface area contributed by atoms with Crippen LogP contribution in [-0.2, 0) is 27.7 Å². The SMILES string of the molecule is CC(=O)CN1CC[C@H](Oc2ccc(C(F)(F)F)cc2C(=O)N=c2sc(C(C)(C)C)cn2C[C@H]2CCCO2)C1. The molecular formula is C27H34F3N3O4S. The van der Waals surface area contributed by atoms with Gasteiger partial charge in [0.2, 0.25) is 0 Å². The molecule has 11 heteroatoms. The van der Waals surface area contributed by atoms with Crippen molar-refractivity contribution in [2.45, 2.75) is 77.3 Å². The van der Waals surface area contributed by atoms with Crippen LogP contribution < -0.4 is 9.54 Å². The summed E-state index contributed by atoms with van der Waals surface area (Å²) in [5.74, 6) is -0.718. The van der Waals surface area contributed by atoms with Gasteiger partial charge in [-0.05, 0) is 49.8 Å². The van der Waals surface area contributed by atoms with Gasteiger partial charge in [0.25, 0.3) is 5.91 Å². The van der Waals surface area contributed by atoms with Gasteiger partial charge in [0.15, 0.2) is 4.80 Å². The second kappa shape index (κ2) is 11.3. The van der Waals surface area contributed by atoms with Gasteiger partial charge in [-0.25, -0.2) is 0 Å². The van der Waals surface area contributed by atoms with Crippen LogP contribution in [0.5, 0.6) is 5.75 Å². The summed E-state index contributed by atoms with van der Waals surface area (Å²) in [4.78, 5) is 32.5. The number of halogens is 3. The molecule has 0 radical (unpaired) electrons. The monoisotopic (exact) mass is 553 g/mol. The number of nitrogens with zero attached hydrogens (tertiary/aromatic N) is 3. The summed E-state index contributed by atoms with van der Waals surface area (Å²) < 4.78 is 54.3. The number of benzene rings is 1. The van der Waals surface area contributed by atoms with Crippen LogP contribution in [0.4, 0.5) is 13.2 Å². The Morgan fingerprint density at radius 2 is 1.97 bits per heavy atom. The van der Waals surface area contributed by atoms with Crippen LogP contribution in [0.1, 0.15) is 67.8 Å². The lowest BCUT2D eigenvalue weighted by atomic mass is 9.95. The minimum absolute atomic E-state index is 0.000707. The average Bonchev–Trinajstić information content (AvgIpc) is 3.55. The zero-order valence-electron chi connectivity index (χ0n) is 22.1. The van der Waals surface area contributed by atoms with Gasteiger partial charge in [0.05, 0.1) is 30.3 Å². The largest absolute Gasteiger partial charge is 0.488 e. The number of rotatable bonds is 7. The van der Waals surface area contributed by atoms with E-state index < -0.39 is 17.6 Å². The molecule has 2 aliphatic heterocycles. The predicted octanol–water partition coefficient (Wildman–Crippen LogP) is 4.83. The molecule has 0 saturated carbocycles. The van der Waals surface area contributed by atoms with Crippen molar-refractivity contribution in [3.05, 3.63) is 45.2 Å². The molecule has 0 aliphatic carbocycles. The second-order valence-corrected chi connectivity index (χ2v) is 12.0. The lowest BCUT2D eigenvalue weighted by Gasteiger charge is -2.18. The van der Waals surface area contributed by atoms with E-state index in [2.05, 4.69) is 25.8 Å². The molecule has 208 valence electrons. The molecule has 1 aromatic heterocycles. The molecule has 2 aliphatic rings. The Hall–Kier alpha value is -2.50. The number of ketones is 1. The summed E-state index contributed by atoms with van der Waals surface area (Å²) >= 11 is 1.35. The third-order valence-electron chi connectivity index (χ3n) is 6.59. The van der Waals surface area contributed by atoms with Gasteiger partial charge in [-0.15, -0.1) is 11.3 Å². The van der Waals surface area contributed by atoms with Gasteiger partial charge in [-0.1, -0.05) is 20.8 Å². The van der Waals surface area contributed by atoms with E-state index in [1.165, 1.54) is 24.3 Å². The first-order chi connectivity index (χ1) is 17.8. The van der Waals surface area contributed by atoms with Gasteiger partial charge < -0.3 is 14.0 Å². The van der Waals surface area contributed by atoms with Gasteiger partial charge in [-0.3, -0.25) is 14.5 Å². The molecule has 0 spiro atoms. The lowest BCUT2D eigenvalue weighted by molar-refractivity contribution is -0.137. The summed E-state index contributed by atoms with van der Waals surface area (Å²) in [6.45, 7) is 10.2. The number of ether oxygens (including phenoxy) is 2. The summed E-state index contributed by atoms with van der Waals surface area (Å²) in [5.41, 5.74) is -1.38. The van der Waals surface area contributed by atoms with E-state index in [4.69, 9.17) is 9.47 Å². The fourth-order valence-corrected chi connectivity index (χ4v) is 5.66. The topological polar surface area (TPSA) is 73.1 Å². The first-order valence-corrected chi connectivity index (χ1v) is 13.6. The highest BCUT2D eigenvalue weighted by Crippen LogP contribution is 2.34. The van der Waals surface area contributed by atoms with Crippen molar-refractivity contribution >= 4 is 23.0 Å². The molecule has 2 fully saturated rings. The summed E-state index contributed by atoms with van der Waals surface area (Å²) in [7, 11) is 0. The molecule has 0 bridgehead atoms. The van der Waals surface area contributed by atoms with Crippen molar-refractivity contribution in [2.75, 3.05) is 26.2 Å². The number of Topliss-reactive ketones (excluding diaryl/α,β-unsaturated/α-hetero) is 1. The van der Waals surface area contributed by atoms with Crippen LogP contribution in [0, 0.1) is 0 Å². The zero-order valence-corrected chi connectivity index (χ0v) is 23.0. The molecule has 0 N–H and O–H groups in total. The van der Waals surface area contributed by atoms with Gasteiger partial charge in [-0.2, -0.15) is 18.2 Å². The lowest BCUT2D eigenvalue weighted by Crippen LogP contribution is -2.29. The number of amides is 1. The van der Waals surface area contributed by atoms with E-state index in [9.17, 15) is 22.8 Å². The summed E-state index contributed by atoms with van der Waals surface area (Å²) in [6, 6.07) is 2.91. The number of aromatic nitrogens is 1. The maximum atomic E-state index is 13.6. The van der Waals surface area contributed by atoms with Crippen molar-refractivity contribution in [1.29, 1.82) is 0 Å². The zero-order chi connectivity index (χ0) is 27.7. The highest BCUT2D eigenvalue weighted by molar-refractivity contribution is 7.09. The predicted molar refractivity (Wildman–Crippen MR) is 137 cm³/mol. The van der Waals surface area contributed by atoms with Crippen molar-refractivity contribution in [1.82, 2.24) is 9.47 Å². The summed E-state index contributed by atoms with van der Waals surface area (Å²) in [5, 5.41) is 0. The fraction of sp³-hybridized carbons (Fsp3) is 0.593. The molecule has 2 aromatic rings. The van der Waals surface area contributed by atoms with E-state index in [1.54, 1.807) is 0 Å². The van der Waals surface area contributed by atoms with Crippen molar-refractivity contribution in [3.8, 4) is 5.75 Å². The van der Waals surface area contributed by atoms with Crippen molar-refractivity contribution < 1.29 is 32.2 Å². The molecule has 1 aromatic carbocycles. The Labute approximate surface area is 224 Å². The molecule has 38 heavy (non-hydrogen) atoms. The number of carbonyl (C=O) groups is 2. The highest BCUT2D eigenvalue weighted by Gasteiger charge is 2.33. The number of thiazole rings is 1. The molecule has 2 atom stereocenters. The third kappa shape index (κ3) is 7.12. The van der Waals surface area contributed by atoms with Crippen LogP contribution in [0.2, 0.25) is 0 Å². The molecule has 4 rings (SSSR count). The van der Waals surface area contributed by atoms with Crippen LogP contribution >= 0.6 is 11.3 Å². The summed E-state index contributed by atoms with van der Waals surface area (Å²) in [6.07, 6.45) is -0.570. The molecule has 7 nitrogen and oxygen atoms in total. The minimum atomic E-state index is -4.62. The van der Waals surface area contributed by atoms with Gasteiger partial charge in [0, 0.05) is 30.8 Å². The normalized spacial score (nSPS) is 21.3. The highest BCUT2D eigenvalue weighted by atomic mass is 32.1. The molecular weight excluding hydrogens is 519 g/mol. The van der Waals surface area contributed by atoms with Crippen LogP contribution in [0.3, 0.4) is 0 Å². The maximum absolute atomic E-state index is 13.6. The Balaban J connectivity index is 1.68. The Morgan fingerprint density at radius 1 is 1.21 bits per heavy atom. The quantitative estimate of drug-likeness (QED) is 0.491. The maximum Gasteiger partial charge on any atom is 0.416 e. The second-order valence-electron chi connectivity index (χ2n) is 11.0. The first kappa shape index (κ1) is 28.5. The van der Waals surface area contributed by atoms with E-state index >= 15 is 0 Å². The van der Waals surface area contributed by atoms with Crippen molar-refractivity contribution in [3.63, 3.8) is 0 Å². The Kier molecular flexibility index (Phi) is 8.49. The van der Waals surface area contributed by atoms with Crippen LogP contribution in [-0.4, -0.2) is 59.6 Å². The van der Waals surface area contributed by atoms with Crippen molar-refractivity contribution in [2.24, 2.45) is 4.99 Å². The number of hydrogen-bond donors (Lipinski definition) is 0. The third-order valence-corrected chi connectivity index (χ3v) is 8.03.